The summed E-state index contributed by atoms with van der Waals surface area (Å²) in [6, 6.07) is 7.76. The first-order chi connectivity index (χ1) is 9.15. The van der Waals surface area contributed by atoms with Crippen LogP contribution in [0, 0.1) is 4.64 Å². The Morgan fingerprint density at radius 2 is 2.00 bits per heavy atom. The number of aromatic nitrogens is 2. The lowest BCUT2D eigenvalue weighted by Gasteiger charge is -2.08. The summed E-state index contributed by atoms with van der Waals surface area (Å²) in [6.07, 6.45) is 1.99. The second-order valence-electron chi connectivity index (χ2n) is 4.16. The third-order valence-corrected chi connectivity index (χ3v) is 4.21. The number of aromatic amines is 1. The molecule has 0 radical (unpaired) electrons. The van der Waals surface area contributed by atoms with Gasteiger partial charge in [0.1, 0.15) is 16.2 Å². The molecule has 0 atom stereocenters. The van der Waals surface area contributed by atoms with Crippen molar-refractivity contribution in [3.8, 4) is 17.1 Å². The molecule has 19 heavy (non-hydrogen) atoms. The van der Waals surface area contributed by atoms with Gasteiger partial charge in [-0.2, -0.15) is 0 Å². The van der Waals surface area contributed by atoms with Gasteiger partial charge in [0.05, 0.1) is 11.6 Å². The molecule has 1 N–H and O–H groups in total. The minimum Gasteiger partial charge on any atom is -0.497 e. The normalized spacial score (nSPS) is 10.5. The van der Waals surface area contributed by atoms with Crippen molar-refractivity contribution in [2.24, 2.45) is 0 Å². The Morgan fingerprint density at radius 1 is 1.32 bits per heavy atom. The van der Waals surface area contributed by atoms with Crippen LogP contribution in [0.2, 0.25) is 0 Å². The molecule has 0 aliphatic rings. The quantitative estimate of drug-likeness (QED) is 0.832. The summed E-state index contributed by atoms with van der Waals surface area (Å²) in [6.45, 7) is 2.14. The summed E-state index contributed by atoms with van der Waals surface area (Å²) in [5.74, 6) is 1.62. The SMILES string of the molecule is CCCc1[nH]c(-c2ccc(OC)cc2)nc(=S)c1Br. The van der Waals surface area contributed by atoms with E-state index in [-0.39, 0.29) is 0 Å². The molecule has 1 heterocycles. The Bertz CT molecular complexity index is 622. The molecule has 3 nitrogen and oxygen atoms in total. The highest BCUT2D eigenvalue weighted by atomic mass is 79.9. The smallest absolute Gasteiger partial charge is 0.144 e. The van der Waals surface area contributed by atoms with Crippen LogP contribution >= 0.6 is 28.1 Å². The highest BCUT2D eigenvalue weighted by Crippen LogP contribution is 2.23. The summed E-state index contributed by atoms with van der Waals surface area (Å²) in [4.78, 5) is 7.76. The second kappa shape index (κ2) is 6.30. The molecule has 1 aromatic heterocycles. The van der Waals surface area contributed by atoms with Gasteiger partial charge in [-0.25, -0.2) is 4.98 Å². The Morgan fingerprint density at radius 3 is 2.58 bits per heavy atom. The van der Waals surface area contributed by atoms with Crippen LogP contribution in [0.5, 0.6) is 5.75 Å². The van der Waals surface area contributed by atoms with Gasteiger partial charge < -0.3 is 9.72 Å². The summed E-state index contributed by atoms with van der Waals surface area (Å²) >= 11 is 8.78. The molecule has 0 unspecified atom stereocenters. The molecule has 100 valence electrons. The largest absolute Gasteiger partial charge is 0.497 e. The van der Waals surface area contributed by atoms with E-state index in [0.717, 1.165) is 40.1 Å². The molecule has 0 bridgehead atoms. The van der Waals surface area contributed by atoms with Gasteiger partial charge in [-0.15, -0.1) is 0 Å². The number of hydrogen-bond donors (Lipinski definition) is 1. The average Bonchev–Trinajstić information content (AvgIpc) is 2.44. The third-order valence-electron chi connectivity index (χ3n) is 2.80. The van der Waals surface area contributed by atoms with E-state index in [9.17, 15) is 0 Å². The van der Waals surface area contributed by atoms with Gasteiger partial charge in [0.25, 0.3) is 0 Å². The van der Waals surface area contributed by atoms with E-state index in [1.807, 2.05) is 24.3 Å². The Labute approximate surface area is 126 Å². The zero-order chi connectivity index (χ0) is 13.8. The van der Waals surface area contributed by atoms with E-state index < -0.39 is 0 Å². The van der Waals surface area contributed by atoms with Crippen LogP contribution in [0.15, 0.2) is 28.7 Å². The van der Waals surface area contributed by atoms with E-state index in [1.165, 1.54) is 0 Å². The molecule has 0 saturated carbocycles. The highest BCUT2D eigenvalue weighted by Gasteiger charge is 2.07. The number of ether oxygens (including phenoxy) is 1. The molecule has 2 rings (SSSR count). The van der Waals surface area contributed by atoms with Gasteiger partial charge in [-0.3, -0.25) is 0 Å². The summed E-state index contributed by atoms with van der Waals surface area (Å²) in [7, 11) is 1.65. The van der Waals surface area contributed by atoms with Crippen molar-refractivity contribution in [3.05, 3.63) is 39.1 Å². The van der Waals surface area contributed by atoms with E-state index in [0.29, 0.717) is 4.64 Å². The van der Waals surface area contributed by atoms with Crippen molar-refractivity contribution in [2.45, 2.75) is 19.8 Å². The van der Waals surface area contributed by atoms with E-state index >= 15 is 0 Å². The van der Waals surface area contributed by atoms with Crippen LogP contribution in [0.3, 0.4) is 0 Å². The molecule has 5 heteroatoms. The first-order valence-electron chi connectivity index (χ1n) is 6.08. The van der Waals surface area contributed by atoms with Crippen LogP contribution in [0.1, 0.15) is 19.0 Å². The maximum Gasteiger partial charge on any atom is 0.144 e. The number of aryl methyl sites for hydroxylation is 1. The summed E-state index contributed by atoms with van der Waals surface area (Å²) < 4.78 is 6.63. The van der Waals surface area contributed by atoms with Crippen molar-refractivity contribution in [1.82, 2.24) is 9.97 Å². The molecule has 0 amide bonds. The van der Waals surface area contributed by atoms with Gasteiger partial charge >= 0.3 is 0 Å². The van der Waals surface area contributed by atoms with Crippen LogP contribution in [0.4, 0.5) is 0 Å². The fourth-order valence-electron chi connectivity index (χ4n) is 1.81. The molecule has 2 aromatic rings. The molecule has 0 aliphatic carbocycles. The van der Waals surface area contributed by atoms with Crippen LogP contribution in [0.25, 0.3) is 11.4 Å². The summed E-state index contributed by atoms with van der Waals surface area (Å²) in [5.41, 5.74) is 2.09. The fraction of sp³-hybridized carbons (Fsp3) is 0.286. The van der Waals surface area contributed by atoms with Gasteiger partial charge in [0.2, 0.25) is 0 Å². The standard InChI is InChI=1S/C14H15BrN2OS/c1-3-4-11-12(15)14(19)17-13(16-11)9-5-7-10(18-2)8-6-9/h5-8H,3-4H2,1-2H3,(H,16,17,19). The predicted octanol–water partition coefficient (Wildman–Crippen LogP) is 4.53. The van der Waals surface area contributed by atoms with Crippen LogP contribution < -0.4 is 4.74 Å². The molecule has 0 aliphatic heterocycles. The maximum absolute atomic E-state index is 5.29. The zero-order valence-electron chi connectivity index (χ0n) is 10.9. The van der Waals surface area contributed by atoms with Crippen molar-refractivity contribution in [1.29, 1.82) is 0 Å². The number of rotatable bonds is 4. The van der Waals surface area contributed by atoms with Crippen molar-refractivity contribution in [3.63, 3.8) is 0 Å². The number of benzene rings is 1. The number of hydrogen-bond acceptors (Lipinski definition) is 3. The fourth-order valence-corrected chi connectivity index (χ4v) is 2.41. The third kappa shape index (κ3) is 3.22. The van der Waals surface area contributed by atoms with E-state index in [1.54, 1.807) is 7.11 Å². The number of methoxy groups -OCH3 is 1. The lowest BCUT2D eigenvalue weighted by Crippen LogP contribution is -1.98. The Hall–Kier alpha value is -1.20. The Balaban J connectivity index is 2.46. The number of nitrogens with zero attached hydrogens (tertiary/aromatic N) is 1. The lowest BCUT2D eigenvalue weighted by molar-refractivity contribution is 0.415. The molecule has 0 saturated heterocycles. The van der Waals surface area contributed by atoms with Gasteiger partial charge in [0.15, 0.2) is 0 Å². The monoisotopic (exact) mass is 338 g/mol. The van der Waals surface area contributed by atoms with E-state index in [2.05, 4.69) is 32.8 Å². The Kier molecular flexibility index (Phi) is 4.71. The molecule has 0 spiro atoms. The van der Waals surface area contributed by atoms with Crippen LogP contribution in [-0.4, -0.2) is 17.1 Å². The lowest BCUT2D eigenvalue weighted by atomic mass is 10.2. The summed E-state index contributed by atoms with van der Waals surface area (Å²) in [5, 5.41) is 0. The first kappa shape index (κ1) is 14.2. The molecular formula is C14H15BrN2OS. The van der Waals surface area contributed by atoms with Crippen molar-refractivity contribution < 1.29 is 4.74 Å². The average molecular weight is 339 g/mol. The number of halogens is 1. The first-order valence-corrected chi connectivity index (χ1v) is 7.29. The maximum atomic E-state index is 5.29. The molecule has 0 fully saturated rings. The number of nitrogens with one attached hydrogen (secondary N) is 1. The molecule has 1 aromatic carbocycles. The van der Waals surface area contributed by atoms with Gasteiger partial charge in [-0.1, -0.05) is 25.6 Å². The predicted molar refractivity (Wildman–Crippen MR) is 83.1 cm³/mol. The number of H-pyrrole nitrogens is 1. The van der Waals surface area contributed by atoms with Gasteiger partial charge in [-0.05, 0) is 46.6 Å². The molecular weight excluding hydrogens is 324 g/mol. The minimum absolute atomic E-state index is 0.591. The second-order valence-corrected chi connectivity index (χ2v) is 5.34. The zero-order valence-corrected chi connectivity index (χ0v) is 13.3. The minimum atomic E-state index is 0.591. The highest BCUT2D eigenvalue weighted by molar-refractivity contribution is 9.10. The van der Waals surface area contributed by atoms with E-state index in [4.69, 9.17) is 17.0 Å². The van der Waals surface area contributed by atoms with Crippen molar-refractivity contribution in [2.75, 3.05) is 7.11 Å². The topological polar surface area (TPSA) is 37.9 Å². The van der Waals surface area contributed by atoms with Crippen molar-refractivity contribution >= 4 is 28.1 Å². The van der Waals surface area contributed by atoms with Gasteiger partial charge in [0, 0.05) is 11.3 Å². The van der Waals surface area contributed by atoms with Crippen LogP contribution in [-0.2, 0) is 6.42 Å².